The van der Waals surface area contributed by atoms with Crippen LogP contribution in [0, 0.1) is 17.8 Å². The maximum atomic E-state index is 14.6. The number of aliphatic hydroxyl groups is 2. The fourth-order valence-corrected chi connectivity index (χ4v) is 12.1. The van der Waals surface area contributed by atoms with Gasteiger partial charge in [-0.3, -0.25) is 4.79 Å². The predicted molar refractivity (Wildman–Crippen MR) is 174 cm³/mol. The van der Waals surface area contributed by atoms with Gasteiger partial charge in [0.15, 0.2) is 23.8 Å². The number of aliphatic hydroxyl groups excluding tert-OH is 1. The highest BCUT2D eigenvalue weighted by Gasteiger charge is 2.57. The molecule has 246 valence electrons. The molecule has 45 heavy (non-hydrogen) atoms. The van der Waals surface area contributed by atoms with Gasteiger partial charge in [-0.15, -0.1) is 0 Å². The number of ether oxygens (including phenoxy) is 1. The topological polar surface area (TPSA) is 135 Å². The van der Waals surface area contributed by atoms with Crippen LogP contribution in [0.2, 0.25) is 0 Å². The van der Waals surface area contributed by atoms with Crippen LogP contribution in [0.15, 0.2) is 94.3 Å². The van der Waals surface area contributed by atoms with E-state index in [-0.39, 0.29) is 34.0 Å². The van der Waals surface area contributed by atoms with Crippen LogP contribution in [0.25, 0.3) is 0 Å². The molecule has 10 heteroatoms. The Balaban J connectivity index is 1.73. The van der Waals surface area contributed by atoms with E-state index in [0.29, 0.717) is 31.3 Å². The van der Waals surface area contributed by atoms with Crippen LogP contribution in [0.4, 0.5) is 0 Å². The van der Waals surface area contributed by atoms with E-state index in [9.17, 15) is 31.8 Å². The zero-order valence-electron chi connectivity index (χ0n) is 26.3. The zero-order chi connectivity index (χ0) is 32.9. The van der Waals surface area contributed by atoms with Crippen LogP contribution >= 0.6 is 0 Å². The molecule has 2 aliphatic rings. The van der Waals surface area contributed by atoms with Crippen LogP contribution in [-0.4, -0.2) is 55.9 Å². The molecular weight excluding hydrogens is 613 g/mol. The van der Waals surface area contributed by atoms with E-state index in [1.54, 1.807) is 36.4 Å². The van der Waals surface area contributed by atoms with E-state index in [2.05, 4.69) is 6.92 Å². The first kappa shape index (κ1) is 35.1. The number of unbranched alkanes of at least 4 members (excludes halogenated alkanes) is 1. The SMILES string of the molecule is CCCC[C@](C)(O)C/C=C/[C@H]1[C@H]2CC(CC(CCC(=O)OC)(S(=O)(=O)c3ccccc3)S(=O)(=O)c3ccccc3)=C[C@H]2C[C@H]1O. The standard InChI is InChI=1S/C35H46O8S2/c1-4-5-19-34(2,38)20-12-17-30-31-23-26(22-27(31)24-32(30)36)25-35(21-18-33(37)43-3,44(39,40)28-13-8-6-9-14-28)45(41,42)29-15-10-7-11-16-29/h6-17,22,27,30-32,36,38H,4-5,18-21,23-25H2,1-3H3/b17-12+/t27-,30-,31-,32+,34-/m0/s1. The molecule has 0 spiro atoms. The Morgan fingerprint density at radius 1 is 0.978 bits per heavy atom. The monoisotopic (exact) mass is 658 g/mol. The van der Waals surface area contributed by atoms with Crippen LogP contribution in [0.5, 0.6) is 0 Å². The minimum atomic E-state index is -4.57. The molecule has 0 amide bonds. The van der Waals surface area contributed by atoms with Crippen LogP contribution < -0.4 is 0 Å². The number of carbonyl (C=O) groups is 1. The van der Waals surface area contributed by atoms with Crippen molar-refractivity contribution in [3.05, 3.63) is 84.5 Å². The number of carbonyl (C=O) groups excluding carboxylic acids is 1. The molecule has 1 fully saturated rings. The number of rotatable bonds is 15. The lowest BCUT2D eigenvalue weighted by atomic mass is 9.87. The second-order valence-electron chi connectivity index (χ2n) is 12.8. The predicted octanol–water partition coefficient (Wildman–Crippen LogP) is 5.80. The summed E-state index contributed by atoms with van der Waals surface area (Å²) >= 11 is 0. The van der Waals surface area contributed by atoms with Crippen molar-refractivity contribution < 1.29 is 36.6 Å². The summed E-state index contributed by atoms with van der Waals surface area (Å²) in [6.07, 6.45) is 7.93. The number of benzene rings is 2. The number of methoxy groups -OCH3 is 1. The van der Waals surface area contributed by atoms with Crippen molar-refractivity contribution in [1.82, 2.24) is 0 Å². The van der Waals surface area contributed by atoms with Crippen molar-refractivity contribution in [1.29, 1.82) is 0 Å². The normalized spacial score (nSPS) is 23.4. The Bertz CT molecular complexity index is 1510. The molecule has 2 aromatic rings. The smallest absolute Gasteiger partial charge is 0.305 e. The number of hydrogen-bond acceptors (Lipinski definition) is 8. The molecule has 0 heterocycles. The molecule has 5 atom stereocenters. The van der Waals surface area contributed by atoms with Gasteiger partial charge in [0.05, 0.1) is 28.6 Å². The molecule has 0 unspecified atom stereocenters. The third kappa shape index (κ3) is 7.45. The van der Waals surface area contributed by atoms with Crippen LogP contribution in [0.1, 0.15) is 71.6 Å². The van der Waals surface area contributed by atoms with E-state index < -0.39 is 54.3 Å². The van der Waals surface area contributed by atoms with Crippen molar-refractivity contribution in [3.8, 4) is 0 Å². The van der Waals surface area contributed by atoms with Crippen molar-refractivity contribution in [3.63, 3.8) is 0 Å². The number of esters is 1. The summed E-state index contributed by atoms with van der Waals surface area (Å²) in [7, 11) is -7.96. The minimum Gasteiger partial charge on any atom is -0.469 e. The summed E-state index contributed by atoms with van der Waals surface area (Å²) in [5.74, 6) is -1.01. The highest BCUT2D eigenvalue weighted by molar-refractivity contribution is 8.10. The molecule has 0 saturated heterocycles. The molecule has 0 bridgehead atoms. The van der Waals surface area contributed by atoms with Gasteiger partial charge in [0.2, 0.25) is 0 Å². The molecule has 2 aromatic carbocycles. The largest absolute Gasteiger partial charge is 0.469 e. The number of hydrogen-bond donors (Lipinski definition) is 2. The highest BCUT2D eigenvalue weighted by atomic mass is 32.3. The summed E-state index contributed by atoms with van der Waals surface area (Å²) in [5, 5.41) is 21.6. The lowest BCUT2D eigenvalue weighted by Crippen LogP contribution is -2.47. The van der Waals surface area contributed by atoms with Gasteiger partial charge in [-0.1, -0.05) is 80.0 Å². The Hall–Kier alpha value is -2.79. The van der Waals surface area contributed by atoms with Crippen molar-refractivity contribution in [2.24, 2.45) is 17.8 Å². The zero-order valence-corrected chi connectivity index (χ0v) is 28.0. The fraction of sp³-hybridized carbons (Fsp3) is 0.514. The van der Waals surface area contributed by atoms with E-state index >= 15 is 0 Å². The summed E-state index contributed by atoms with van der Waals surface area (Å²) in [5.41, 5.74) is -0.167. The van der Waals surface area contributed by atoms with Gasteiger partial charge in [-0.2, -0.15) is 0 Å². The quantitative estimate of drug-likeness (QED) is 0.181. The third-order valence-electron chi connectivity index (χ3n) is 9.46. The number of allylic oxidation sites excluding steroid dienone is 2. The Kier molecular flexibility index (Phi) is 11.2. The van der Waals surface area contributed by atoms with E-state index in [1.165, 1.54) is 31.4 Å². The van der Waals surface area contributed by atoms with E-state index in [0.717, 1.165) is 12.8 Å². The Morgan fingerprint density at radius 2 is 1.56 bits per heavy atom. The Labute approximate surface area is 268 Å². The van der Waals surface area contributed by atoms with Crippen LogP contribution in [-0.2, 0) is 29.2 Å². The Morgan fingerprint density at radius 3 is 2.09 bits per heavy atom. The maximum absolute atomic E-state index is 14.6. The minimum absolute atomic E-state index is 0.0380. The molecule has 2 aliphatic carbocycles. The van der Waals surface area contributed by atoms with Gasteiger partial charge in [-0.25, -0.2) is 16.8 Å². The van der Waals surface area contributed by atoms with E-state index in [4.69, 9.17) is 4.74 Å². The highest BCUT2D eigenvalue weighted by Crippen LogP contribution is 2.52. The molecule has 0 radical (unpaired) electrons. The number of fused-ring (bicyclic) bond motifs is 1. The molecule has 0 aliphatic heterocycles. The fourth-order valence-electron chi connectivity index (χ4n) is 6.94. The van der Waals surface area contributed by atoms with Gasteiger partial charge < -0.3 is 14.9 Å². The third-order valence-corrected chi connectivity index (χ3v) is 15.2. The number of sulfone groups is 2. The molecule has 1 saturated carbocycles. The van der Waals surface area contributed by atoms with Crippen LogP contribution in [0.3, 0.4) is 0 Å². The average Bonchev–Trinajstić information content (AvgIpc) is 3.54. The van der Waals surface area contributed by atoms with E-state index in [1.807, 2.05) is 25.2 Å². The second-order valence-corrected chi connectivity index (χ2v) is 17.5. The summed E-state index contributed by atoms with van der Waals surface area (Å²) in [6.45, 7) is 3.89. The first-order valence-corrected chi connectivity index (χ1v) is 18.7. The molecule has 2 N–H and O–H groups in total. The van der Waals surface area contributed by atoms with Crippen molar-refractivity contribution in [2.75, 3.05) is 7.11 Å². The molecular formula is C35H46O8S2. The first-order valence-electron chi connectivity index (χ1n) is 15.7. The summed E-state index contributed by atoms with van der Waals surface area (Å²) in [4.78, 5) is 12.1. The molecule has 8 nitrogen and oxygen atoms in total. The molecule has 4 rings (SSSR count). The van der Waals surface area contributed by atoms with Crippen molar-refractivity contribution in [2.45, 2.75) is 97.2 Å². The second kappa shape index (κ2) is 14.3. The average molecular weight is 659 g/mol. The van der Waals surface area contributed by atoms with Gasteiger partial charge >= 0.3 is 5.97 Å². The van der Waals surface area contributed by atoms with Crippen molar-refractivity contribution >= 4 is 25.6 Å². The summed E-state index contributed by atoms with van der Waals surface area (Å²) < 4.78 is 60.9. The van der Waals surface area contributed by atoms with Gasteiger partial charge in [0, 0.05) is 18.8 Å². The van der Waals surface area contributed by atoms with Gasteiger partial charge in [0.1, 0.15) is 0 Å². The molecule has 0 aromatic heterocycles. The maximum Gasteiger partial charge on any atom is 0.305 e. The van der Waals surface area contributed by atoms with Gasteiger partial charge in [0.25, 0.3) is 0 Å². The van der Waals surface area contributed by atoms with Gasteiger partial charge in [-0.05, 0) is 75.1 Å². The lowest BCUT2D eigenvalue weighted by molar-refractivity contribution is -0.140. The summed E-state index contributed by atoms with van der Waals surface area (Å²) in [6, 6.07) is 15.0. The first-order chi connectivity index (χ1) is 21.3. The lowest BCUT2D eigenvalue weighted by Gasteiger charge is -2.34.